The molecule has 5 nitrogen and oxygen atoms in total. The van der Waals surface area contributed by atoms with Crippen molar-refractivity contribution in [3.05, 3.63) is 84.4 Å². The van der Waals surface area contributed by atoms with E-state index in [1.54, 1.807) is 0 Å². The van der Waals surface area contributed by atoms with E-state index in [0.29, 0.717) is 13.2 Å². The number of hydrogen-bond donors (Lipinski definition) is 1. The van der Waals surface area contributed by atoms with Gasteiger partial charge in [0.15, 0.2) is 0 Å². The Morgan fingerprint density at radius 3 is 2.45 bits per heavy atom. The minimum Gasteiger partial charge on any atom is -0.490 e. The Kier molecular flexibility index (Phi) is 5.95. The number of fused-ring (bicyclic) bond motifs is 1. The lowest BCUT2D eigenvalue weighted by Gasteiger charge is -2.18. The van der Waals surface area contributed by atoms with Gasteiger partial charge in [-0.15, -0.1) is 0 Å². The Morgan fingerprint density at radius 2 is 1.59 bits per heavy atom. The lowest BCUT2D eigenvalue weighted by Crippen LogP contribution is -2.34. The maximum absolute atomic E-state index is 12.6. The molecule has 1 aliphatic rings. The highest BCUT2D eigenvalue weighted by molar-refractivity contribution is 5.98. The Morgan fingerprint density at radius 1 is 0.862 bits per heavy atom. The van der Waals surface area contributed by atoms with E-state index in [9.17, 15) is 4.79 Å². The molecule has 0 saturated carbocycles. The predicted octanol–water partition coefficient (Wildman–Crippen LogP) is 4.15. The topological polar surface area (TPSA) is 50.8 Å². The third-order valence-electron chi connectivity index (χ3n) is 4.83. The van der Waals surface area contributed by atoms with Crippen LogP contribution in [0.4, 0.5) is 11.4 Å². The Balaban J connectivity index is 1.25. The van der Waals surface area contributed by atoms with Gasteiger partial charge in [0.05, 0.1) is 6.54 Å². The zero-order valence-corrected chi connectivity index (χ0v) is 16.2. The molecule has 0 bridgehead atoms. The van der Waals surface area contributed by atoms with Gasteiger partial charge in [0, 0.05) is 24.0 Å². The number of carbonyl (C=O) groups excluding carboxylic acids is 1. The Hall–Kier alpha value is -3.47. The summed E-state index contributed by atoms with van der Waals surface area (Å²) in [7, 11) is 0. The second kappa shape index (κ2) is 9.15. The molecule has 0 fully saturated rings. The number of para-hydroxylation sites is 2. The average Bonchev–Trinajstić information content (AvgIpc) is 3.20. The Bertz CT molecular complexity index is 959. The van der Waals surface area contributed by atoms with Gasteiger partial charge in [-0.2, -0.15) is 0 Å². The maximum Gasteiger partial charge on any atom is 0.246 e. The zero-order valence-electron chi connectivity index (χ0n) is 16.2. The molecule has 3 aromatic rings. The van der Waals surface area contributed by atoms with Crippen LogP contribution in [0.15, 0.2) is 78.9 Å². The summed E-state index contributed by atoms with van der Waals surface area (Å²) in [5, 5.41) is 3.21. The van der Waals surface area contributed by atoms with Gasteiger partial charge in [-0.3, -0.25) is 4.79 Å². The number of rotatable bonds is 8. The molecule has 4 rings (SSSR count). The van der Waals surface area contributed by atoms with Gasteiger partial charge in [0.1, 0.15) is 24.7 Å². The quantitative estimate of drug-likeness (QED) is 0.589. The van der Waals surface area contributed by atoms with Crippen LogP contribution in [0.1, 0.15) is 5.56 Å². The highest BCUT2D eigenvalue weighted by Crippen LogP contribution is 2.27. The fraction of sp³-hybridized carbons (Fsp3) is 0.208. The van der Waals surface area contributed by atoms with E-state index in [2.05, 4.69) is 11.4 Å². The van der Waals surface area contributed by atoms with Crippen LogP contribution in [0.5, 0.6) is 11.5 Å². The summed E-state index contributed by atoms with van der Waals surface area (Å²) < 4.78 is 11.4. The van der Waals surface area contributed by atoms with Gasteiger partial charge in [0.2, 0.25) is 5.91 Å². The first-order valence-electron chi connectivity index (χ1n) is 9.82. The standard InChI is InChI=1S/C24H24N2O3/c27-24(26-14-13-19-7-4-5-12-23(19)26)18-25-20-8-6-11-22(17-20)29-16-15-28-21-9-2-1-3-10-21/h1-12,17,25H,13-16,18H2. The van der Waals surface area contributed by atoms with Crippen LogP contribution in [-0.4, -0.2) is 32.2 Å². The largest absolute Gasteiger partial charge is 0.490 e. The van der Waals surface area contributed by atoms with Crippen LogP contribution in [0.3, 0.4) is 0 Å². The summed E-state index contributed by atoms with van der Waals surface area (Å²) in [6.45, 7) is 1.90. The molecular weight excluding hydrogens is 364 g/mol. The third kappa shape index (κ3) is 4.88. The molecule has 0 spiro atoms. The first-order chi connectivity index (χ1) is 14.3. The number of anilines is 2. The molecule has 5 heteroatoms. The fourth-order valence-corrected chi connectivity index (χ4v) is 3.40. The van der Waals surface area contributed by atoms with E-state index in [1.165, 1.54) is 5.56 Å². The molecule has 0 atom stereocenters. The molecule has 1 aliphatic heterocycles. The number of amides is 1. The monoisotopic (exact) mass is 388 g/mol. The molecule has 0 aromatic heterocycles. The number of nitrogens with zero attached hydrogens (tertiary/aromatic N) is 1. The summed E-state index contributed by atoms with van der Waals surface area (Å²) in [6.07, 6.45) is 0.913. The van der Waals surface area contributed by atoms with Gasteiger partial charge in [-0.1, -0.05) is 42.5 Å². The number of ether oxygens (including phenoxy) is 2. The zero-order chi connectivity index (χ0) is 19.9. The van der Waals surface area contributed by atoms with Gasteiger partial charge in [0.25, 0.3) is 0 Å². The highest BCUT2D eigenvalue weighted by atomic mass is 16.5. The molecule has 1 N–H and O–H groups in total. The van der Waals surface area contributed by atoms with E-state index in [-0.39, 0.29) is 12.5 Å². The van der Waals surface area contributed by atoms with Gasteiger partial charge in [-0.05, 0) is 42.3 Å². The molecule has 0 aliphatic carbocycles. The second-order valence-corrected chi connectivity index (χ2v) is 6.82. The first-order valence-corrected chi connectivity index (χ1v) is 9.82. The van der Waals surface area contributed by atoms with Crippen molar-refractivity contribution in [1.29, 1.82) is 0 Å². The summed E-state index contributed by atoms with van der Waals surface area (Å²) in [6, 6.07) is 25.4. The van der Waals surface area contributed by atoms with Crippen molar-refractivity contribution in [2.24, 2.45) is 0 Å². The SMILES string of the molecule is O=C(CNc1cccc(OCCOc2ccccc2)c1)N1CCc2ccccc21. The normalized spacial score (nSPS) is 12.3. The van der Waals surface area contributed by atoms with Crippen molar-refractivity contribution in [1.82, 2.24) is 0 Å². The van der Waals surface area contributed by atoms with Gasteiger partial charge < -0.3 is 19.7 Å². The van der Waals surface area contributed by atoms with Crippen LogP contribution in [0.25, 0.3) is 0 Å². The third-order valence-corrected chi connectivity index (χ3v) is 4.83. The number of benzene rings is 3. The van der Waals surface area contributed by atoms with Crippen molar-refractivity contribution in [3.8, 4) is 11.5 Å². The first kappa shape index (κ1) is 18.9. The number of carbonyl (C=O) groups is 1. The summed E-state index contributed by atoms with van der Waals surface area (Å²) in [5.41, 5.74) is 3.11. The molecule has 29 heavy (non-hydrogen) atoms. The highest BCUT2D eigenvalue weighted by Gasteiger charge is 2.23. The van der Waals surface area contributed by atoms with Crippen LogP contribution < -0.4 is 19.7 Å². The van der Waals surface area contributed by atoms with Crippen molar-refractivity contribution in [3.63, 3.8) is 0 Å². The van der Waals surface area contributed by atoms with E-state index in [4.69, 9.17) is 9.47 Å². The minimum absolute atomic E-state index is 0.0672. The number of nitrogens with one attached hydrogen (secondary N) is 1. The van der Waals surface area contributed by atoms with Crippen molar-refractivity contribution >= 4 is 17.3 Å². The molecule has 3 aromatic carbocycles. The molecule has 1 heterocycles. The smallest absolute Gasteiger partial charge is 0.246 e. The molecular formula is C24H24N2O3. The van der Waals surface area contributed by atoms with Crippen molar-refractivity contribution in [2.75, 3.05) is 36.5 Å². The average molecular weight is 388 g/mol. The molecule has 0 radical (unpaired) electrons. The lowest BCUT2D eigenvalue weighted by molar-refractivity contribution is -0.116. The lowest BCUT2D eigenvalue weighted by atomic mass is 10.2. The maximum atomic E-state index is 12.6. The Labute approximate surface area is 170 Å². The van der Waals surface area contributed by atoms with Crippen molar-refractivity contribution < 1.29 is 14.3 Å². The van der Waals surface area contributed by atoms with Crippen LogP contribution in [-0.2, 0) is 11.2 Å². The summed E-state index contributed by atoms with van der Waals surface area (Å²) >= 11 is 0. The van der Waals surface area contributed by atoms with E-state index in [1.807, 2.05) is 77.7 Å². The van der Waals surface area contributed by atoms with E-state index < -0.39 is 0 Å². The van der Waals surface area contributed by atoms with E-state index in [0.717, 1.165) is 35.8 Å². The fourth-order valence-electron chi connectivity index (χ4n) is 3.40. The minimum atomic E-state index is 0.0672. The molecule has 1 amide bonds. The van der Waals surface area contributed by atoms with Gasteiger partial charge >= 0.3 is 0 Å². The van der Waals surface area contributed by atoms with Gasteiger partial charge in [-0.25, -0.2) is 0 Å². The number of hydrogen-bond acceptors (Lipinski definition) is 4. The molecule has 0 unspecified atom stereocenters. The second-order valence-electron chi connectivity index (χ2n) is 6.82. The van der Waals surface area contributed by atoms with Crippen LogP contribution in [0.2, 0.25) is 0 Å². The van der Waals surface area contributed by atoms with Crippen LogP contribution in [0, 0.1) is 0 Å². The molecule has 0 saturated heterocycles. The van der Waals surface area contributed by atoms with Crippen LogP contribution >= 0.6 is 0 Å². The van der Waals surface area contributed by atoms with Crippen molar-refractivity contribution in [2.45, 2.75) is 6.42 Å². The van der Waals surface area contributed by atoms with E-state index >= 15 is 0 Å². The predicted molar refractivity (Wildman–Crippen MR) is 115 cm³/mol. The summed E-state index contributed by atoms with van der Waals surface area (Å²) in [4.78, 5) is 14.5. The molecule has 148 valence electrons. The summed E-state index contributed by atoms with van der Waals surface area (Å²) in [5.74, 6) is 1.64.